The van der Waals surface area contributed by atoms with Gasteiger partial charge in [-0.15, -0.1) is 0 Å². The zero-order valence-corrected chi connectivity index (χ0v) is 19.4. The van der Waals surface area contributed by atoms with Crippen molar-refractivity contribution in [3.05, 3.63) is 119 Å². The van der Waals surface area contributed by atoms with Gasteiger partial charge in [0.15, 0.2) is 5.78 Å². The molecule has 3 aromatic carbocycles. The Morgan fingerprint density at radius 1 is 0.970 bits per heavy atom. The van der Waals surface area contributed by atoms with E-state index < -0.39 is 6.04 Å². The maximum absolute atomic E-state index is 13.7. The molecular formula is C28H25N3OS. The zero-order chi connectivity index (χ0) is 22.9. The molecule has 33 heavy (non-hydrogen) atoms. The number of fused-ring (bicyclic) bond motifs is 2. The third-order valence-corrected chi connectivity index (χ3v) is 6.55. The Hall–Kier alpha value is -3.70. The maximum atomic E-state index is 13.7. The van der Waals surface area contributed by atoms with Gasteiger partial charge in [0.25, 0.3) is 0 Å². The standard InChI is InChI=1S/C28H25N3OS/c1-18-8-3-5-10-22(18)28(33)30-23-14-13-20(16-19(23)2)27(32)26-25-12-7-15-31(25)17-21-9-4-6-11-24(21)29-26/h3-16,26,29H,17H2,1-2H3,(H,30,33). The van der Waals surface area contributed by atoms with Crippen molar-refractivity contribution in [2.45, 2.75) is 26.4 Å². The monoisotopic (exact) mass is 451 g/mol. The highest BCUT2D eigenvalue weighted by atomic mass is 32.1. The Balaban J connectivity index is 1.42. The maximum Gasteiger partial charge on any atom is 0.191 e. The summed E-state index contributed by atoms with van der Waals surface area (Å²) in [6, 6.07) is 25.5. The van der Waals surface area contributed by atoms with Crippen molar-refractivity contribution in [3.8, 4) is 0 Å². The van der Waals surface area contributed by atoms with Crippen LogP contribution in [0.2, 0.25) is 0 Å². The van der Waals surface area contributed by atoms with Gasteiger partial charge < -0.3 is 15.2 Å². The molecule has 4 nitrogen and oxygen atoms in total. The zero-order valence-electron chi connectivity index (χ0n) is 18.6. The highest BCUT2D eigenvalue weighted by Gasteiger charge is 2.28. The number of ketones is 1. The quantitative estimate of drug-likeness (QED) is 0.283. The van der Waals surface area contributed by atoms with Gasteiger partial charge in [-0.05, 0) is 66.9 Å². The van der Waals surface area contributed by atoms with Crippen LogP contribution in [0.1, 0.15) is 44.3 Å². The van der Waals surface area contributed by atoms with Gasteiger partial charge in [-0.2, -0.15) is 0 Å². The number of rotatable bonds is 4. The Labute approximate surface area is 199 Å². The Morgan fingerprint density at radius 3 is 2.58 bits per heavy atom. The minimum absolute atomic E-state index is 0.0442. The van der Waals surface area contributed by atoms with Crippen molar-refractivity contribution >= 4 is 34.4 Å². The van der Waals surface area contributed by atoms with Crippen LogP contribution in [0.15, 0.2) is 85.1 Å². The molecule has 0 aliphatic carbocycles. The summed E-state index contributed by atoms with van der Waals surface area (Å²) < 4.78 is 2.14. The highest BCUT2D eigenvalue weighted by molar-refractivity contribution is 7.81. The number of Topliss-reactive ketones (excluding diaryl/α,β-unsaturated/α-hetero) is 1. The number of anilines is 2. The van der Waals surface area contributed by atoms with Gasteiger partial charge in [-0.3, -0.25) is 4.79 Å². The Bertz CT molecular complexity index is 1370. The first-order valence-electron chi connectivity index (χ1n) is 11.0. The lowest BCUT2D eigenvalue weighted by Gasteiger charge is -2.19. The number of para-hydroxylation sites is 1. The number of aromatic nitrogens is 1. The van der Waals surface area contributed by atoms with Gasteiger partial charge in [0.05, 0.1) is 0 Å². The summed E-state index contributed by atoms with van der Waals surface area (Å²) >= 11 is 5.63. The third kappa shape index (κ3) is 4.08. The van der Waals surface area contributed by atoms with E-state index in [9.17, 15) is 4.79 Å². The molecule has 0 fully saturated rings. The molecule has 0 spiro atoms. The number of benzene rings is 3. The first kappa shape index (κ1) is 21.2. The summed E-state index contributed by atoms with van der Waals surface area (Å²) in [5.74, 6) is 0.0442. The average Bonchev–Trinajstić information content (AvgIpc) is 3.21. The summed E-state index contributed by atoms with van der Waals surface area (Å²) in [5.41, 5.74) is 7.82. The average molecular weight is 452 g/mol. The van der Waals surface area contributed by atoms with Crippen LogP contribution >= 0.6 is 12.2 Å². The van der Waals surface area contributed by atoms with E-state index in [1.165, 1.54) is 5.56 Å². The van der Waals surface area contributed by atoms with E-state index in [1.807, 2.05) is 92.8 Å². The minimum atomic E-state index is -0.449. The summed E-state index contributed by atoms with van der Waals surface area (Å²) in [5, 5.41) is 6.84. The predicted molar refractivity (Wildman–Crippen MR) is 138 cm³/mol. The number of nitrogens with one attached hydrogen (secondary N) is 2. The van der Waals surface area contributed by atoms with Crippen LogP contribution in [-0.4, -0.2) is 15.3 Å². The van der Waals surface area contributed by atoms with E-state index in [1.54, 1.807) is 0 Å². The van der Waals surface area contributed by atoms with Crippen LogP contribution < -0.4 is 10.6 Å². The van der Waals surface area contributed by atoms with Crippen LogP contribution in [0, 0.1) is 13.8 Å². The molecule has 2 heterocycles. The lowest BCUT2D eigenvalue weighted by atomic mass is 9.98. The smallest absolute Gasteiger partial charge is 0.191 e. The Morgan fingerprint density at radius 2 is 1.76 bits per heavy atom. The van der Waals surface area contributed by atoms with E-state index in [0.717, 1.165) is 40.3 Å². The van der Waals surface area contributed by atoms with Gasteiger partial charge in [0.2, 0.25) is 0 Å². The molecule has 4 aromatic rings. The number of hydrogen-bond donors (Lipinski definition) is 2. The summed E-state index contributed by atoms with van der Waals surface area (Å²) in [6.07, 6.45) is 2.03. The van der Waals surface area contributed by atoms with Gasteiger partial charge in [-0.1, -0.05) is 54.7 Å². The number of carbonyl (C=O) groups excluding carboxylic acids is 1. The van der Waals surface area contributed by atoms with Crippen LogP contribution in [0.5, 0.6) is 0 Å². The second-order valence-electron chi connectivity index (χ2n) is 8.46. The first-order valence-corrected chi connectivity index (χ1v) is 11.4. The van der Waals surface area contributed by atoms with Gasteiger partial charge in [0, 0.05) is 40.9 Å². The molecule has 1 aliphatic heterocycles. The molecule has 0 amide bonds. The topological polar surface area (TPSA) is 46.1 Å². The van der Waals surface area contributed by atoms with Gasteiger partial charge in [0.1, 0.15) is 11.0 Å². The molecule has 1 unspecified atom stereocenters. The van der Waals surface area contributed by atoms with Crippen LogP contribution in [-0.2, 0) is 6.54 Å². The predicted octanol–water partition coefficient (Wildman–Crippen LogP) is 6.29. The van der Waals surface area contributed by atoms with Crippen molar-refractivity contribution in [2.75, 3.05) is 10.6 Å². The molecule has 0 bridgehead atoms. The fraction of sp³-hybridized carbons (Fsp3) is 0.143. The van der Waals surface area contributed by atoms with Crippen molar-refractivity contribution in [1.82, 2.24) is 4.57 Å². The molecule has 5 heteroatoms. The van der Waals surface area contributed by atoms with E-state index >= 15 is 0 Å². The second kappa shape index (κ2) is 8.68. The van der Waals surface area contributed by atoms with Crippen molar-refractivity contribution in [1.29, 1.82) is 0 Å². The number of nitrogens with zero attached hydrogens (tertiary/aromatic N) is 1. The molecule has 1 aliphatic rings. The molecule has 164 valence electrons. The number of hydrogen-bond acceptors (Lipinski definition) is 3. The fourth-order valence-corrected chi connectivity index (χ4v) is 4.73. The molecule has 5 rings (SSSR count). The number of thiocarbonyl (C=S) groups is 1. The van der Waals surface area contributed by atoms with E-state index in [2.05, 4.69) is 21.3 Å². The van der Waals surface area contributed by atoms with E-state index in [4.69, 9.17) is 12.2 Å². The molecule has 0 radical (unpaired) electrons. The fourth-order valence-electron chi connectivity index (χ4n) is 4.39. The number of carbonyl (C=O) groups is 1. The summed E-state index contributed by atoms with van der Waals surface area (Å²) in [7, 11) is 0. The Kier molecular flexibility index (Phi) is 5.56. The van der Waals surface area contributed by atoms with Crippen LogP contribution in [0.4, 0.5) is 11.4 Å². The molecule has 2 N–H and O–H groups in total. The second-order valence-corrected chi connectivity index (χ2v) is 8.87. The molecule has 1 aromatic heterocycles. The highest BCUT2D eigenvalue weighted by Crippen LogP contribution is 2.31. The third-order valence-electron chi connectivity index (χ3n) is 6.23. The molecule has 0 saturated carbocycles. The first-order chi connectivity index (χ1) is 16.0. The van der Waals surface area contributed by atoms with E-state index in [0.29, 0.717) is 10.6 Å². The normalized spacial score (nSPS) is 14.4. The molecule has 0 saturated heterocycles. The van der Waals surface area contributed by atoms with Crippen LogP contribution in [0.25, 0.3) is 0 Å². The minimum Gasteiger partial charge on any atom is -0.370 e. The lowest BCUT2D eigenvalue weighted by molar-refractivity contribution is 0.0967. The van der Waals surface area contributed by atoms with Crippen molar-refractivity contribution in [3.63, 3.8) is 0 Å². The summed E-state index contributed by atoms with van der Waals surface area (Å²) in [4.78, 5) is 14.3. The summed E-state index contributed by atoms with van der Waals surface area (Å²) in [6.45, 7) is 4.79. The van der Waals surface area contributed by atoms with Crippen LogP contribution in [0.3, 0.4) is 0 Å². The molecular weight excluding hydrogens is 426 g/mol. The van der Waals surface area contributed by atoms with Crippen molar-refractivity contribution in [2.24, 2.45) is 0 Å². The number of aryl methyl sites for hydroxylation is 2. The SMILES string of the molecule is Cc1cc(C(=O)C2Nc3ccccc3Cn3cccc32)ccc1NC(=S)c1ccccc1C. The van der Waals surface area contributed by atoms with Gasteiger partial charge >= 0.3 is 0 Å². The van der Waals surface area contributed by atoms with Crippen molar-refractivity contribution < 1.29 is 4.79 Å². The van der Waals surface area contributed by atoms with E-state index in [-0.39, 0.29) is 5.78 Å². The van der Waals surface area contributed by atoms with Gasteiger partial charge in [-0.25, -0.2) is 0 Å². The molecule has 1 atom stereocenters. The largest absolute Gasteiger partial charge is 0.370 e. The lowest BCUT2D eigenvalue weighted by Crippen LogP contribution is -2.22.